The highest BCUT2D eigenvalue weighted by Gasteiger charge is 2.43. The first-order valence-corrected chi connectivity index (χ1v) is 12.4. The number of benzene rings is 2. The molecule has 36 heavy (non-hydrogen) atoms. The van der Waals surface area contributed by atoms with E-state index in [1.165, 1.54) is 6.07 Å². The molecule has 2 fully saturated rings. The van der Waals surface area contributed by atoms with E-state index in [2.05, 4.69) is 16.9 Å². The van der Waals surface area contributed by atoms with Crippen molar-refractivity contribution >= 4 is 0 Å². The summed E-state index contributed by atoms with van der Waals surface area (Å²) in [5.74, 6) is -0.874. The quantitative estimate of drug-likeness (QED) is 0.272. The number of ether oxygens (including phenoxy) is 2. The zero-order valence-electron chi connectivity index (χ0n) is 19.8. The van der Waals surface area contributed by atoms with E-state index in [1.54, 1.807) is 6.07 Å². The highest BCUT2D eigenvalue weighted by Crippen LogP contribution is 2.42. The second-order valence-corrected chi connectivity index (χ2v) is 9.81. The fourth-order valence-corrected chi connectivity index (χ4v) is 5.34. The van der Waals surface area contributed by atoms with Gasteiger partial charge >= 0.3 is 12.5 Å². The van der Waals surface area contributed by atoms with Gasteiger partial charge in [0.25, 0.3) is 0 Å². The van der Waals surface area contributed by atoms with Crippen molar-refractivity contribution in [3.63, 3.8) is 0 Å². The van der Waals surface area contributed by atoms with Crippen LogP contribution >= 0.6 is 0 Å². The summed E-state index contributed by atoms with van der Waals surface area (Å²) in [6, 6.07) is 10.9. The molecule has 2 saturated carbocycles. The monoisotopic (exact) mass is 512 g/mol. The van der Waals surface area contributed by atoms with Gasteiger partial charge in [0.15, 0.2) is 0 Å². The van der Waals surface area contributed by atoms with Crippen LogP contribution in [0.25, 0.3) is 0 Å². The lowest BCUT2D eigenvalue weighted by Crippen LogP contribution is -2.37. The Kier molecular flexibility index (Phi) is 8.20. The van der Waals surface area contributed by atoms with E-state index in [4.69, 9.17) is 4.74 Å². The smallest absolute Gasteiger partial charge is 0.432 e. The minimum atomic E-state index is -4.85. The molecular weight excluding hydrogens is 482 g/mol. The third kappa shape index (κ3) is 7.20. The first-order chi connectivity index (χ1) is 17.1. The Hall–Kier alpha value is -2.64. The lowest BCUT2D eigenvalue weighted by atomic mass is 9.77. The Morgan fingerprint density at radius 1 is 0.639 bits per heavy atom. The van der Waals surface area contributed by atoms with Gasteiger partial charge in [-0.15, -0.1) is 13.2 Å². The van der Waals surface area contributed by atoms with Gasteiger partial charge in [0.2, 0.25) is 0 Å². The highest BCUT2D eigenvalue weighted by atomic mass is 19.4. The Morgan fingerprint density at radius 3 is 1.67 bits per heavy atom. The van der Waals surface area contributed by atoms with Crippen molar-refractivity contribution in [1.29, 1.82) is 0 Å². The van der Waals surface area contributed by atoms with Crippen molar-refractivity contribution < 1.29 is 35.8 Å². The van der Waals surface area contributed by atoms with E-state index in [9.17, 15) is 26.3 Å². The maximum absolute atomic E-state index is 14.7. The van der Waals surface area contributed by atoms with Gasteiger partial charge in [-0.25, -0.2) is 4.39 Å². The average Bonchev–Trinajstić information content (AvgIpc) is 2.84. The van der Waals surface area contributed by atoms with Crippen LogP contribution in [0.4, 0.5) is 26.3 Å². The van der Waals surface area contributed by atoms with Gasteiger partial charge in [0, 0.05) is 0 Å². The van der Waals surface area contributed by atoms with E-state index in [0.29, 0.717) is 31.6 Å². The minimum absolute atomic E-state index is 0.137. The van der Waals surface area contributed by atoms with Crippen molar-refractivity contribution in [2.45, 2.75) is 69.8 Å². The first-order valence-electron chi connectivity index (χ1n) is 12.4. The van der Waals surface area contributed by atoms with Gasteiger partial charge in [0.05, 0.1) is 5.92 Å². The van der Waals surface area contributed by atoms with Crippen LogP contribution in [0.5, 0.6) is 11.5 Å². The van der Waals surface area contributed by atoms with Crippen LogP contribution in [-0.2, 0) is 0 Å². The third-order valence-corrected chi connectivity index (χ3v) is 7.33. The Labute approximate surface area is 207 Å². The molecule has 8 heteroatoms. The summed E-state index contributed by atoms with van der Waals surface area (Å²) < 4.78 is 88.8. The van der Waals surface area contributed by atoms with E-state index < -0.39 is 24.1 Å². The van der Waals surface area contributed by atoms with Crippen molar-refractivity contribution in [2.75, 3.05) is 0 Å². The van der Waals surface area contributed by atoms with Crippen LogP contribution in [0.15, 0.2) is 60.7 Å². The van der Waals surface area contributed by atoms with Crippen LogP contribution in [0.2, 0.25) is 0 Å². The normalized spacial score (nSPS) is 25.6. The number of halogens is 6. The molecule has 196 valence electrons. The molecule has 2 aromatic rings. The second-order valence-electron chi connectivity index (χ2n) is 9.81. The summed E-state index contributed by atoms with van der Waals surface area (Å²) in [6.45, 7) is 0. The Bertz CT molecular complexity index is 1000. The van der Waals surface area contributed by atoms with Gasteiger partial charge in [-0.05, 0) is 105 Å². The number of allylic oxidation sites excluding steroid dienone is 2. The largest absolute Gasteiger partial charge is 0.573 e. The topological polar surface area (TPSA) is 18.5 Å². The molecule has 0 heterocycles. The van der Waals surface area contributed by atoms with Crippen LogP contribution in [0, 0.1) is 23.6 Å². The second kappa shape index (κ2) is 11.2. The summed E-state index contributed by atoms with van der Waals surface area (Å²) in [6.07, 6.45) is 1.83. The maximum atomic E-state index is 14.7. The molecule has 2 aliphatic carbocycles. The van der Waals surface area contributed by atoms with Gasteiger partial charge in [-0.2, -0.15) is 8.78 Å². The zero-order chi connectivity index (χ0) is 25.8. The summed E-state index contributed by atoms with van der Waals surface area (Å²) >= 11 is 0. The lowest BCUT2D eigenvalue weighted by Gasteiger charge is -2.32. The fourth-order valence-electron chi connectivity index (χ4n) is 5.34. The SMILES string of the molecule is Fc1ccccc1C1CCC(/C=C/C2CCC(C(F)(F)Oc3ccc(OC(F)(F)F)cc3)CC2)CC1. The van der Waals surface area contributed by atoms with Gasteiger partial charge in [-0.3, -0.25) is 0 Å². The summed E-state index contributed by atoms with van der Waals surface area (Å²) in [4.78, 5) is 0. The van der Waals surface area contributed by atoms with E-state index in [1.807, 2.05) is 12.1 Å². The summed E-state index contributed by atoms with van der Waals surface area (Å²) in [7, 11) is 0. The Morgan fingerprint density at radius 2 is 1.14 bits per heavy atom. The molecule has 0 atom stereocenters. The van der Waals surface area contributed by atoms with Gasteiger partial charge in [-0.1, -0.05) is 30.4 Å². The first kappa shape index (κ1) is 26.4. The van der Waals surface area contributed by atoms with Crippen molar-refractivity contribution in [3.05, 3.63) is 72.1 Å². The summed E-state index contributed by atoms with van der Waals surface area (Å²) in [5, 5.41) is 0. The molecule has 0 saturated heterocycles. The predicted molar refractivity (Wildman–Crippen MR) is 124 cm³/mol. The molecule has 2 aliphatic rings. The van der Waals surface area contributed by atoms with Crippen molar-refractivity contribution in [2.24, 2.45) is 17.8 Å². The number of rotatable bonds is 7. The van der Waals surface area contributed by atoms with Crippen LogP contribution in [0.1, 0.15) is 62.8 Å². The predicted octanol–water partition coefficient (Wildman–Crippen LogP) is 9.03. The maximum Gasteiger partial charge on any atom is 0.573 e. The van der Waals surface area contributed by atoms with Crippen molar-refractivity contribution in [3.8, 4) is 11.5 Å². The van der Waals surface area contributed by atoms with Crippen molar-refractivity contribution in [1.82, 2.24) is 0 Å². The number of alkyl halides is 5. The number of hydrogen-bond acceptors (Lipinski definition) is 2. The van der Waals surface area contributed by atoms with E-state index >= 15 is 0 Å². The molecule has 4 rings (SSSR count). The molecule has 0 unspecified atom stereocenters. The standard InChI is InChI=1S/C28H30F6O2/c29-26-4-2-1-3-25(26)21-11-7-19(8-12-21)5-6-20-9-13-22(14-10-20)27(30,31)35-23-15-17-24(18-16-23)36-28(32,33)34/h1-6,15-22H,7-14H2/b6-5+. The van der Waals surface area contributed by atoms with Gasteiger partial charge < -0.3 is 9.47 Å². The third-order valence-electron chi connectivity index (χ3n) is 7.33. The molecule has 0 spiro atoms. The molecule has 2 aromatic carbocycles. The molecule has 0 bridgehead atoms. The van der Waals surface area contributed by atoms with Gasteiger partial charge in [0.1, 0.15) is 17.3 Å². The molecular formula is C28H30F6O2. The molecule has 0 aliphatic heterocycles. The molecule has 0 amide bonds. The minimum Gasteiger partial charge on any atom is -0.432 e. The molecule has 2 nitrogen and oxygen atoms in total. The lowest BCUT2D eigenvalue weighted by molar-refractivity contribution is -0.274. The fraction of sp³-hybridized carbons (Fsp3) is 0.500. The molecule has 0 radical (unpaired) electrons. The number of hydrogen-bond donors (Lipinski definition) is 0. The van der Waals surface area contributed by atoms with Crippen LogP contribution < -0.4 is 9.47 Å². The average molecular weight is 513 g/mol. The van der Waals surface area contributed by atoms with E-state index in [0.717, 1.165) is 55.5 Å². The summed E-state index contributed by atoms with van der Waals surface area (Å²) in [5.41, 5.74) is 0.798. The molecule has 0 N–H and O–H groups in total. The Balaban J connectivity index is 1.22. The van der Waals surface area contributed by atoms with E-state index in [-0.39, 0.29) is 23.4 Å². The van der Waals surface area contributed by atoms with Crippen LogP contribution in [0.3, 0.4) is 0 Å². The van der Waals surface area contributed by atoms with Crippen LogP contribution in [-0.4, -0.2) is 12.5 Å². The highest BCUT2D eigenvalue weighted by molar-refractivity contribution is 5.31. The zero-order valence-corrected chi connectivity index (χ0v) is 19.8. The molecule has 0 aromatic heterocycles.